The molecule has 0 aromatic heterocycles. The molecule has 0 aliphatic carbocycles. The second kappa shape index (κ2) is 11.1. The van der Waals surface area contributed by atoms with Crippen LogP contribution in [0.3, 0.4) is 0 Å². The number of hydrogen-bond donors (Lipinski definition) is 2. The highest BCUT2D eigenvalue weighted by Crippen LogP contribution is 2.44. The van der Waals surface area contributed by atoms with Gasteiger partial charge in [0.1, 0.15) is 11.9 Å². The molecule has 4 rings (SSSR count). The van der Waals surface area contributed by atoms with Gasteiger partial charge in [-0.05, 0) is 48.8 Å². The molecule has 0 spiro atoms. The number of nitrogens with zero attached hydrogens (tertiary/aromatic N) is 1. The Morgan fingerprint density at radius 1 is 0.818 bits per heavy atom. The van der Waals surface area contributed by atoms with Crippen molar-refractivity contribution in [3.05, 3.63) is 120 Å². The molecule has 2 N–H and O–H groups in total. The lowest BCUT2D eigenvalue weighted by Crippen LogP contribution is -2.43. The lowest BCUT2D eigenvalue weighted by atomic mass is 9.71. The lowest BCUT2D eigenvalue weighted by Gasteiger charge is -2.35. The highest BCUT2D eigenvalue weighted by atomic mass is 16.2. The van der Waals surface area contributed by atoms with Gasteiger partial charge in [-0.2, -0.15) is 0 Å². The average Bonchev–Trinajstić information content (AvgIpc) is 3.34. The Morgan fingerprint density at radius 3 is 2.03 bits per heavy atom. The van der Waals surface area contributed by atoms with Crippen molar-refractivity contribution in [2.75, 3.05) is 6.61 Å². The maximum atomic E-state index is 9.49. The Hall–Kier alpha value is -3.17. The molecule has 0 saturated heterocycles. The van der Waals surface area contributed by atoms with E-state index in [4.69, 9.17) is 4.99 Å². The molecule has 0 fully saturated rings. The van der Waals surface area contributed by atoms with E-state index in [-0.39, 0.29) is 24.1 Å². The third-order valence-corrected chi connectivity index (χ3v) is 6.74. The minimum atomic E-state index is -0.249. The van der Waals surface area contributed by atoms with E-state index in [1.807, 2.05) is 6.08 Å². The van der Waals surface area contributed by atoms with Crippen LogP contribution in [-0.2, 0) is 5.41 Å². The van der Waals surface area contributed by atoms with Gasteiger partial charge in [0.15, 0.2) is 0 Å². The molecule has 1 aliphatic rings. The predicted molar refractivity (Wildman–Crippen MR) is 137 cm³/mol. The number of amidine groups is 1. The van der Waals surface area contributed by atoms with Crippen LogP contribution in [0, 0.1) is 0 Å². The maximum Gasteiger partial charge on any atom is 0.108 e. The fourth-order valence-corrected chi connectivity index (χ4v) is 5.01. The number of rotatable bonds is 11. The smallest absolute Gasteiger partial charge is 0.108 e. The third-order valence-electron chi connectivity index (χ3n) is 6.74. The molecule has 3 atom stereocenters. The van der Waals surface area contributed by atoms with Gasteiger partial charge in [-0.25, -0.2) is 0 Å². The van der Waals surface area contributed by atoms with Gasteiger partial charge in [0.05, 0.1) is 11.5 Å². The number of benzene rings is 3. The van der Waals surface area contributed by atoms with E-state index in [1.54, 1.807) is 0 Å². The van der Waals surface area contributed by atoms with E-state index >= 15 is 0 Å². The number of aliphatic hydroxyl groups is 1. The zero-order valence-corrected chi connectivity index (χ0v) is 19.2. The number of aliphatic imine (C=N–C) groups is 1. The van der Waals surface area contributed by atoms with Gasteiger partial charge in [0.2, 0.25) is 0 Å². The number of unbranched alkanes of at least 4 members (excludes halogenated alkanes) is 1. The van der Waals surface area contributed by atoms with Crippen LogP contribution in [0.1, 0.15) is 60.9 Å². The van der Waals surface area contributed by atoms with E-state index in [0.717, 1.165) is 37.9 Å². The Kier molecular flexibility index (Phi) is 7.74. The van der Waals surface area contributed by atoms with Crippen molar-refractivity contribution in [1.29, 1.82) is 0 Å². The molecule has 1 aliphatic heterocycles. The summed E-state index contributed by atoms with van der Waals surface area (Å²) in [6, 6.07) is 32.0. The van der Waals surface area contributed by atoms with Gasteiger partial charge in [0.25, 0.3) is 0 Å². The first kappa shape index (κ1) is 23.0. The van der Waals surface area contributed by atoms with Crippen molar-refractivity contribution in [3.8, 4) is 0 Å². The lowest BCUT2D eigenvalue weighted by molar-refractivity contribution is 0.277. The summed E-state index contributed by atoms with van der Waals surface area (Å²) in [4.78, 5) is 5.41. The largest absolute Gasteiger partial charge is 0.396 e. The van der Waals surface area contributed by atoms with Crippen LogP contribution in [-0.4, -0.2) is 17.5 Å². The zero-order valence-electron chi connectivity index (χ0n) is 19.2. The molecule has 1 heterocycles. The Bertz CT molecular complexity index is 1030. The molecular formula is C30H34N2O. The van der Waals surface area contributed by atoms with Gasteiger partial charge < -0.3 is 10.4 Å². The quantitative estimate of drug-likeness (QED) is 0.264. The molecule has 33 heavy (non-hydrogen) atoms. The van der Waals surface area contributed by atoms with Crippen LogP contribution in [0.5, 0.6) is 0 Å². The van der Waals surface area contributed by atoms with Gasteiger partial charge in [-0.15, -0.1) is 6.58 Å². The second-order valence-corrected chi connectivity index (χ2v) is 8.82. The summed E-state index contributed by atoms with van der Waals surface area (Å²) in [5.41, 5.74) is 3.49. The van der Waals surface area contributed by atoms with Crippen molar-refractivity contribution >= 4 is 5.84 Å². The van der Waals surface area contributed by atoms with Crippen molar-refractivity contribution in [2.24, 2.45) is 4.99 Å². The minimum Gasteiger partial charge on any atom is -0.396 e. The van der Waals surface area contributed by atoms with Gasteiger partial charge in [0, 0.05) is 6.61 Å². The Labute approximate surface area is 197 Å². The summed E-state index contributed by atoms with van der Waals surface area (Å²) in [6.07, 6.45) is 6.50. The highest BCUT2D eigenvalue weighted by Gasteiger charge is 2.43. The molecule has 0 unspecified atom stereocenters. The van der Waals surface area contributed by atoms with E-state index in [9.17, 15) is 5.11 Å². The summed E-state index contributed by atoms with van der Waals surface area (Å²) in [6.45, 7) is 4.22. The molecule has 0 radical (unpaired) electrons. The van der Waals surface area contributed by atoms with Crippen LogP contribution in [0.2, 0.25) is 0 Å². The molecule has 170 valence electrons. The summed E-state index contributed by atoms with van der Waals surface area (Å²) in [5.74, 6) is 1.05. The fraction of sp³-hybridized carbons (Fsp3) is 0.300. The van der Waals surface area contributed by atoms with Crippen molar-refractivity contribution < 1.29 is 5.11 Å². The number of hydrogen-bond acceptors (Lipinski definition) is 3. The van der Waals surface area contributed by atoms with E-state index in [2.05, 4.69) is 103 Å². The predicted octanol–water partition coefficient (Wildman–Crippen LogP) is 6.54. The number of nitrogens with one attached hydrogen (secondary N) is 1. The molecule has 3 aromatic carbocycles. The fourth-order valence-electron chi connectivity index (χ4n) is 5.01. The van der Waals surface area contributed by atoms with Crippen LogP contribution < -0.4 is 5.32 Å². The van der Waals surface area contributed by atoms with E-state index in [0.29, 0.717) is 0 Å². The van der Waals surface area contributed by atoms with Crippen molar-refractivity contribution in [1.82, 2.24) is 5.32 Å². The SMILES string of the molecule is C=CCC[C@@](CCCCO)(C1=N[C@@H](c2ccccc2)[C@H](c2ccccc2)N1)c1ccccc1. The molecule has 3 heteroatoms. The topological polar surface area (TPSA) is 44.6 Å². The normalized spacial score (nSPS) is 19.4. The maximum absolute atomic E-state index is 9.49. The Morgan fingerprint density at radius 2 is 1.42 bits per heavy atom. The van der Waals surface area contributed by atoms with Crippen molar-refractivity contribution in [3.63, 3.8) is 0 Å². The second-order valence-electron chi connectivity index (χ2n) is 8.82. The standard InChI is InChI=1S/C30H34N2O/c1-2-3-21-30(22-13-14-23-33,26-19-11-6-12-20-26)29-31-27(24-15-7-4-8-16-24)28(32-29)25-17-9-5-10-18-25/h2,4-12,15-20,27-28,33H,1,3,13-14,21-23H2,(H,31,32)/t27-,28-,30-/m0/s1. The first-order valence-electron chi connectivity index (χ1n) is 12.0. The summed E-state index contributed by atoms with van der Waals surface area (Å²) in [7, 11) is 0. The number of allylic oxidation sites excluding steroid dienone is 1. The van der Waals surface area contributed by atoms with Gasteiger partial charge in [-0.1, -0.05) is 97.1 Å². The van der Waals surface area contributed by atoms with E-state index < -0.39 is 0 Å². The molecule has 3 nitrogen and oxygen atoms in total. The van der Waals surface area contributed by atoms with Crippen LogP contribution >= 0.6 is 0 Å². The van der Waals surface area contributed by atoms with Crippen LogP contribution in [0.15, 0.2) is 109 Å². The first-order chi connectivity index (χ1) is 16.3. The van der Waals surface area contributed by atoms with Crippen molar-refractivity contribution in [2.45, 2.75) is 49.6 Å². The van der Waals surface area contributed by atoms with Crippen LogP contribution in [0.25, 0.3) is 0 Å². The van der Waals surface area contributed by atoms with Gasteiger partial charge in [-0.3, -0.25) is 4.99 Å². The summed E-state index contributed by atoms with van der Waals surface area (Å²) >= 11 is 0. The molecular weight excluding hydrogens is 404 g/mol. The summed E-state index contributed by atoms with van der Waals surface area (Å²) in [5, 5.41) is 13.4. The van der Waals surface area contributed by atoms with Gasteiger partial charge >= 0.3 is 0 Å². The molecule has 3 aromatic rings. The molecule has 0 bridgehead atoms. The third kappa shape index (κ3) is 5.09. The highest BCUT2D eigenvalue weighted by molar-refractivity contribution is 5.95. The monoisotopic (exact) mass is 438 g/mol. The summed E-state index contributed by atoms with van der Waals surface area (Å²) < 4.78 is 0. The van der Waals surface area contributed by atoms with Crippen LogP contribution in [0.4, 0.5) is 0 Å². The first-order valence-corrected chi connectivity index (χ1v) is 12.0. The molecule has 0 amide bonds. The zero-order chi connectivity index (χ0) is 22.9. The molecule has 0 saturated carbocycles. The Balaban J connectivity index is 1.81. The minimum absolute atomic E-state index is 0.00765. The average molecular weight is 439 g/mol. The van der Waals surface area contributed by atoms with E-state index in [1.165, 1.54) is 16.7 Å². The number of aliphatic hydroxyl groups excluding tert-OH is 1.